The minimum absolute atomic E-state index is 0.281. The van der Waals surface area contributed by atoms with Gasteiger partial charge in [-0.15, -0.1) is 11.3 Å². The maximum absolute atomic E-state index is 12.2. The molecule has 6 nitrogen and oxygen atoms in total. The highest BCUT2D eigenvalue weighted by Crippen LogP contribution is 2.32. The lowest BCUT2D eigenvalue weighted by molar-refractivity contribution is 0.102. The van der Waals surface area contributed by atoms with Gasteiger partial charge < -0.3 is 9.47 Å². The molecule has 0 atom stereocenters. The van der Waals surface area contributed by atoms with E-state index in [0.717, 1.165) is 15.2 Å². The number of para-hydroxylation sites is 1. The number of rotatable bonds is 5. The number of hydrogen-bond donors (Lipinski definition) is 1. The fourth-order valence-corrected chi connectivity index (χ4v) is 3.53. The van der Waals surface area contributed by atoms with E-state index in [0.29, 0.717) is 23.2 Å². The molecular weight excluding hydrogens is 322 g/mol. The normalized spacial score (nSPS) is 10.8. The molecule has 0 fully saturated rings. The van der Waals surface area contributed by atoms with Crippen LogP contribution in [0.25, 0.3) is 10.2 Å². The van der Waals surface area contributed by atoms with Crippen LogP contribution in [0.4, 0.5) is 5.13 Å². The lowest BCUT2D eigenvalue weighted by Gasteiger charge is -1.98. The van der Waals surface area contributed by atoms with Crippen LogP contribution in [0.1, 0.15) is 15.5 Å². The van der Waals surface area contributed by atoms with E-state index in [1.54, 1.807) is 19.6 Å². The third-order valence-electron chi connectivity index (χ3n) is 2.87. The fourth-order valence-electron chi connectivity index (χ4n) is 1.91. The maximum atomic E-state index is 12.2. The summed E-state index contributed by atoms with van der Waals surface area (Å²) in [6.07, 6.45) is 0. The third-order valence-corrected chi connectivity index (χ3v) is 4.63. The van der Waals surface area contributed by atoms with Gasteiger partial charge in [0.15, 0.2) is 5.13 Å². The van der Waals surface area contributed by atoms with Crippen LogP contribution in [0.3, 0.4) is 0 Å². The Kier molecular flexibility index (Phi) is 4.32. The van der Waals surface area contributed by atoms with Crippen LogP contribution in [-0.2, 0) is 11.3 Å². The number of carbonyl (C=O) groups excluding carboxylic acids is 1. The summed E-state index contributed by atoms with van der Waals surface area (Å²) in [5.41, 5.74) is 1.10. The number of hydrogen-bond acceptors (Lipinski definition) is 7. The molecule has 0 spiro atoms. The van der Waals surface area contributed by atoms with E-state index in [-0.39, 0.29) is 5.91 Å². The quantitative estimate of drug-likeness (QED) is 0.775. The number of nitrogens with one attached hydrogen (secondary N) is 1. The third kappa shape index (κ3) is 2.94. The Morgan fingerprint density at radius 1 is 1.32 bits per heavy atom. The Morgan fingerprint density at radius 3 is 2.95 bits per heavy atom. The number of thiazole rings is 2. The molecule has 1 N–H and O–H groups in total. The lowest BCUT2D eigenvalue weighted by atomic mass is 10.3. The van der Waals surface area contributed by atoms with Crippen molar-refractivity contribution in [3.63, 3.8) is 0 Å². The highest BCUT2D eigenvalue weighted by Gasteiger charge is 2.14. The van der Waals surface area contributed by atoms with E-state index >= 15 is 0 Å². The molecule has 2 heterocycles. The number of aromatic nitrogens is 2. The molecule has 3 rings (SSSR count). The number of fused-ring (bicyclic) bond motifs is 1. The standard InChI is InChI=1S/C14H13N3O3S2/c1-19-6-11-15-8(7-21-11)13(18)17-14-16-12-9(20-2)4-3-5-10(12)22-14/h3-5,7H,6H2,1-2H3,(H,16,17,18). The van der Waals surface area contributed by atoms with Crippen LogP contribution >= 0.6 is 22.7 Å². The Labute approximate surface area is 134 Å². The van der Waals surface area contributed by atoms with Crippen molar-refractivity contribution >= 4 is 43.9 Å². The van der Waals surface area contributed by atoms with Gasteiger partial charge in [0.25, 0.3) is 5.91 Å². The molecule has 1 aromatic carbocycles. The molecule has 0 saturated carbocycles. The number of nitrogens with zero attached hydrogens (tertiary/aromatic N) is 2. The van der Waals surface area contributed by atoms with Gasteiger partial charge in [-0.3, -0.25) is 10.1 Å². The van der Waals surface area contributed by atoms with Crippen molar-refractivity contribution < 1.29 is 14.3 Å². The summed E-state index contributed by atoms with van der Waals surface area (Å²) in [5.74, 6) is 0.405. The Hall–Kier alpha value is -2.03. The molecule has 1 amide bonds. The number of benzene rings is 1. The first-order chi connectivity index (χ1) is 10.7. The summed E-state index contributed by atoms with van der Waals surface area (Å²) in [4.78, 5) is 20.8. The first-order valence-electron chi connectivity index (χ1n) is 6.39. The first kappa shape index (κ1) is 14.9. The zero-order valence-electron chi connectivity index (χ0n) is 12.0. The van der Waals surface area contributed by atoms with Gasteiger partial charge in [-0.2, -0.15) is 0 Å². The molecule has 0 aliphatic heterocycles. The summed E-state index contributed by atoms with van der Waals surface area (Å²) >= 11 is 2.78. The SMILES string of the molecule is COCc1nc(C(=O)Nc2nc3c(OC)cccc3s2)cs1. The minimum atomic E-state index is -0.281. The van der Waals surface area contributed by atoms with Crippen LogP contribution in [0.15, 0.2) is 23.6 Å². The van der Waals surface area contributed by atoms with Gasteiger partial charge in [0, 0.05) is 12.5 Å². The second-order valence-electron chi connectivity index (χ2n) is 4.34. The van der Waals surface area contributed by atoms with Gasteiger partial charge in [0.05, 0.1) is 18.4 Å². The van der Waals surface area contributed by atoms with Crippen molar-refractivity contribution in [3.8, 4) is 5.75 Å². The van der Waals surface area contributed by atoms with Gasteiger partial charge in [0.2, 0.25) is 0 Å². The van der Waals surface area contributed by atoms with E-state index < -0.39 is 0 Å². The Bertz CT molecular complexity index is 813. The van der Waals surface area contributed by atoms with Crippen LogP contribution in [0.5, 0.6) is 5.75 Å². The lowest BCUT2D eigenvalue weighted by Crippen LogP contribution is -2.12. The molecule has 0 saturated heterocycles. The number of anilines is 1. The van der Waals surface area contributed by atoms with Gasteiger partial charge in [0.1, 0.15) is 22.0 Å². The average Bonchev–Trinajstić information content (AvgIpc) is 3.13. The molecule has 0 radical (unpaired) electrons. The number of amides is 1. The van der Waals surface area contributed by atoms with Crippen molar-refractivity contribution in [2.75, 3.05) is 19.5 Å². The van der Waals surface area contributed by atoms with E-state index in [2.05, 4.69) is 15.3 Å². The summed E-state index contributed by atoms with van der Waals surface area (Å²) in [7, 11) is 3.19. The largest absolute Gasteiger partial charge is 0.494 e. The van der Waals surface area contributed by atoms with Crippen LogP contribution < -0.4 is 10.1 Å². The van der Waals surface area contributed by atoms with Gasteiger partial charge in [-0.25, -0.2) is 9.97 Å². The molecule has 3 aromatic rings. The van der Waals surface area contributed by atoms with Crippen molar-refractivity contribution in [2.45, 2.75) is 6.61 Å². The van der Waals surface area contributed by atoms with Crippen molar-refractivity contribution in [2.24, 2.45) is 0 Å². The molecular formula is C14H13N3O3S2. The van der Waals surface area contributed by atoms with Gasteiger partial charge >= 0.3 is 0 Å². The van der Waals surface area contributed by atoms with E-state index in [1.807, 2.05) is 18.2 Å². The zero-order valence-corrected chi connectivity index (χ0v) is 13.6. The number of ether oxygens (including phenoxy) is 2. The highest BCUT2D eigenvalue weighted by molar-refractivity contribution is 7.22. The number of carbonyl (C=O) groups is 1. The molecule has 22 heavy (non-hydrogen) atoms. The monoisotopic (exact) mass is 335 g/mol. The average molecular weight is 335 g/mol. The Balaban J connectivity index is 1.81. The van der Waals surface area contributed by atoms with Crippen LogP contribution in [-0.4, -0.2) is 30.1 Å². The van der Waals surface area contributed by atoms with Crippen molar-refractivity contribution in [3.05, 3.63) is 34.3 Å². The smallest absolute Gasteiger partial charge is 0.276 e. The molecule has 0 aliphatic carbocycles. The predicted octanol–water partition coefficient (Wildman–Crippen LogP) is 3.16. The van der Waals surface area contributed by atoms with Crippen LogP contribution in [0, 0.1) is 0 Å². The zero-order chi connectivity index (χ0) is 15.5. The fraction of sp³-hybridized carbons (Fsp3) is 0.214. The molecule has 114 valence electrons. The molecule has 0 bridgehead atoms. The highest BCUT2D eigenvalue weighted by atomic mass is 32.1. The molecule has 8 heteroatoms. The second-order valence-corrected chi connectivity index (χ2v) is 6.31. The summed E-state index contributed by atoms with van der Waals surface area (Å²) in [5, 5.41) is 5.76. The first-order valence-corrected chi connectivity index (χ1v) is 8.09. The van der Waals surface area contributed by atoms with E-state index in [4.69, 9.17) is 9.47 Å². The Morgan fingerprint density at radius 2 is 2.18 bits per heavy atom. The van der Waals surface area contributed by atoms with Crippen LogP contribution in [0.2, 0.25) is 0 Å². The molecule has 0 unspecified atom stereocenters. The number of methoxy groups -OCH3 is 2. The second kappa shape index (κ2) is 6.39. The topological polar surface area (TPSA) is 73.3 Å². The van der Waals surface area contributed by atoms with E-state index in [9.17, 15) is 4.79 Å². The summed E-state index contributed by atoms with van der Waals surface area (Å²) < 4.78 is 11.2. The summed E-state index contributed by atoms with van der Waals surface area (Å²) in [6.45, 7) is 0.399. The summed E-state index contributed by atoms with van der Waals surface area (Å²) in [6, 6.07) is 5.66. The molecule has 0 aliphatic rings. The van der Waals surface area contributed by atoms with Crippen molar-refractivity contribution in [1.29, 1.82) is 0 Å². The molecule has 2 aromatic heterocycles. The van der Waals surface area contributed by atoms with Crippen molar-refractivity contribution in [1.82, 2.24) is 9.97 Å². The van der Waals surface area contributed by atoms with Gasteiger partial charge in [-0.1, -0.05) is 17.4 Å². The minimum Gasteiger partial charge on any atom is -0.494 e. The van der Waals surface area contributed by atoms with Gasteiger partial charge in [-0.05, 0) is 12.1 Å². The predicted molar refractivity (Wildman–Crippen MR) is 87.0 cm³/mol. The maximum Gasteiger partial charge on any atom is 0.276 e. The van der Waals surface area contributed by atoms with E-state index in [1.165, 1.54) is 22.7 Å².